The molecule has 0 fully saturated rings. The van der Waals surface area contributed by atoms with Gasteiger partial charge in [-0.1, -0.05) is 82.3 Å². The second-order valence-electron chi connectivity index (χ2n) is 9.86. The molecule has 0 aliphatic carbocycles. The highest BCUT2D eigenvalue weighted by molar-refractivity contribution is 7.59. The van der Waals surface area contributed by atoms with Crippen molar-refractivity contribution in [1.82, 2.24) is 5.32 Å². The number of hydrogen-bond donors (Lipinski definition) is 2. The molecule has 10 heteroatoms. The first kappa shape index (κ1) is 36.0. The van der Waals surface area contributed by atoms with Gasteiger partial charge in [0.25, 0.3) is 0 Å². The summed E-state index contributed by atoms with van der Waals surface area (Å²) in [6.45, 7) is 13.7. The van der Waals surface area contributed by atoms with Gasteiger partial charge in [-0.15, -0.1) is 0 Å². The van der Waals surface area contributed by atoms with Crippen LogP contribution in [-0.2, 0) is 39.4 Å². The van der Waals surface area contributed by atoms with Crippen LogP contribution in [0.4, 0.5) is 0 Å². The van der Waals surface area contributed by atoms with Crippen LogP contribution in [0.25, 0.3) is 11.1 Å². The lowest BCUT2D eigenvalue weighted by Gasteiger charge is -2.29. The quantitative estimate of drug-likeness (QED) is 0.161. The molecule has 0 heterocycles. The van der Waals surface area contributed by atoms with E-state index in [0.717, 1.165) is 16.7 Å². The largest absolute Gasteiger partial charge is 0.464 e. The Morgan fingerprint density at radius 3 is 1.95 bits per heavy atom. The molecule has 5 atom stereocenters. The monoisotopic (exact) mass is 590 g/mol. The highest BCUT2D eigenvalue weighted by Crippen LogP contribution is 2.53. The predicted octanol–water partition coefficient (Wildman–Crippen LogP) is 5.75. The zero-order chi connectivity index (χ0) is 31.2. The molecule has 228 valence electrons. The maximum atomic E-state index is 13.9. The molecule has 0 aliphatic heterocycles. The van der Waals surface area contributed by atoms with Gasteiger partial charge in [-0.25, -0.2) is 4.79 Å². The summed E-state index contributed by atoms with van der Waals surface area (Å²) in [5.74, 6) is -3.75. The normalized spacial score (nSPS) is 15.3. The lowest BCUT2D eigenvalue weighted by molar-refractivity contribution is -0.165. The Balaban J connectivity index is 0.00000411. The highest BCUT2D eigenvalue weighted by Gasteiger charge is 2.38. The van der Waals surface area contributed by atoms with Gasteiger partial charge >= 0.3 is 11.9 Å². The van der Waals surface area contributed by atoms with E-state index in [4.69, 9.17) is 19.7 Å². The Kier molecular flexibility index (Phi) is 15.6. The van der Waals surface area contributed by atoms with E-state index in [1.807, 2.05) is 68.4 Å². The Morgan fingerprint density at radius 1 is 0.878 bits per heavy atom. The minimum absolute atomic E-state index is 0.178. The van der Waals surface area contributed by atoms with Crippen molar-refractivity contribution in [1.29, 1.82) is 0 Å². The molecule has 9 nitrogen and oxygen atoms in total. The Morgan fingerprint density at radius 2 is 1.44 bits per heavy atom. The second kappa shape index (κ2) is 17.7. The average molecular weight is 591 g/mol. The summed E-state index contributed by atoms with van der Waals surface area (Å²) in [5.41, 5.74) is 8.99. The molecule has 0 saturated heterocycles. The van der Waals surface area contributed by atoms with Crippen LogP contribution in [-0.4, -0.2) is 48.7 Å². The molecule has 1 amide bonds. The van der Waals surface area contributed by atoms with Crippen molar-refractivity contribution in [2.75, 3.05) is 12.8 Å². The van der Waals surface area contributed by atoms with E-state index in [1.54, 1.807) is 20.8 Å². The number of carbonyl (C=O) groups is 3. The molecular weight excluding hydrogens is 543 g/mol. The number of amides is 1. The van der Waals surface area contributed by atoms with Crippen LogP contribution in [0, 0.1) is 11.8 Å². The first-order valence-electron chi connectivity index (χ1n) is 14.2. The number of rotatable bonds is 14. The van der Waals surface area contributed by atoms with E-state index >= 15 is 0 Å². The molecule has 41 heavy (non-hydrogen) atoms. The van der Waals surface area contributed by atoms with Crippen LogP contribution in [0.3, 0.4) is 0 Å². The fourth-order valence-electron chi connectivity index (χ4n) is 3.83. The molecule has 0 aliphatic rings. The van der Waals surface area contributed by atoms with Gasteiger partial charge in [-0.3, -0.25) is 18.7 Å². The van der Waals surface area contributed by atoms with Crippen molar-refractivity contribution >= 4 is 25.2 Å². The molecule has 0 bridgehead atoms. The van der Waals surface area contributed by atoms with Crippen molar-refractivity contribution < 1.29 is 32.9 Å². The molecular formula is C31H47N2O7P. The molecule has 2 aromatic carbocycles. The summed E-state index contributed by atoms with van der Waals surface area (Å²) in [7, 11) is -3.69. The molecule has 0 saturated carbocycles. The molecule has 3 N–H and O–H groups in total. The van der Waals surface area contributed by atoms with Crippen molar-refractivity contribution in [3.63, 3.8) is 0 Å². The first-order valence-corrected chi connectivity index (χ1v) is 16.1. The maximum absolute atomic E-state index is 13.9. The van der Waals surface area contributed by atoms with E-state index in [2.05, 4.69) is 5.32 Å². The van der Waals surface area contributed by atoms with Crippen LogP contribution in [0.1, 0.15) is 61.0 Å². The van der Waals surface area contributed by atoms with Gasteiger partial charge in [0, 0.05) is 6.16 Å². The fourth-order valence-corrected chi connectivity index (χ4v) is 5.90. The van der Waals surface area contributed by atoms with E-state index in [1.165, 1.54) is 20.8 Å². The number of esters is 2. The zero-order valence-electron chi connectivity index (χ0n) is 25.6. The van der Waals surface area contributed by atoms with Gasteiger partial charge in [0.15, 0.2) is 0 Å². The Labute approximate surface area is 245 Å². The first-order chi connectivity index (χ1) is 19.4. The van der Waals surface area contributed by atoms with Crippen molar-refractivity contribution in [3.05, 3.63) is 60.2 Å². The van der Waals surface area contributed by atoms with Gasteiger partial charge in [0.05, 0.1) is 24.2 Å². The van der Waals surface area contributed by atoms with E-state index in [-0.39, 0.29) is 19.2 Å². The number of nitrogens with one attached hydrogen (secondary N) is 1. The summed E-state index contributed by atoms with van der Waals surface area (Å²) >= 11 is 0. The van der Waals surface area contributed by atoms with Crippen LogP contribution >= 0.6 is 7.37 Å². The minimum Gasteiger partial charge on any atom is -0.464 e. The minimum atomic E-state index is -3.69. The maximum Gasteiger partial charge on any atom is 0.328 e. The summed E-state index contributed by atoms with van der Waals surface area (Å²) in [5, 5.41) is 2.67. The number of ether oxygens (including phenoxy) is 2. The standard InChI is InChI=1S/C29H41N2O7P.C2H6/c1-7-36-29(34)20(4)31-27(32)26(17-23-13-15-25(16-14-23)24-11-9-8-10-12-24)18-39(35,21(5)30)38-22(6)37-28(33)19(2)3;1-2/h8-16,19-22,26H,7,17-18,30H2,1-6H3,(H,31,32);1-2H3/t20?,21?,22?,26-,39?;/m1./s1. The SMILES string of the molecule is CC.CCOC(=O)C(C)NC(=O)[C@H](Cc1ccc(-c2ccccc2)cc1)CP(=O)(OC(C)OC(=O)C(C)C)C(C)N. The third kappa shape index (κ3) is 11.8. The average Bonchev–Trinajstić information content (AvgIpc) is 2.94. The summed E-state index contributed by atoms with van der Waals surface area (Å²) in [6.07, 6.45) is -1.11. The van der Waals surface area contributed by atoms with Gasteiger partial charge in [0.1, 0.15) is 6.04 Å². The van der Waals surface area contributed by atoms with Gasteiger partial charge in [0.2, 0.25) is 19.6 Å². The highest BCUT2D eigenvalue weighted by atomic mass is 31.2. The number of hydrogen-bond acceptors (Lipinski definition) is 8. The van der Waals surface area contributed by atoms with Crippen LogP contribution in [0.15, 0.2) is 54.6 Å². The summed E-state index contributed by atoms with van der Waals surface area (Å²) in [4.78, 5) is 37.5. The number of carbonyl (C=O) groups excluding carboxylic acids is 3. The number of benzene rings is 2. The summed E-state index contributed by atoms with van der Waals surface area (Å²) in [6, 6.07) is 16.7. The van der Waals surface area contributed by atoms with E-state index < -0.39 is 55.2 Å². The topological polar surface area (TPSA) is 134 Å². The molecule has 4 unspecified atom stereocenters. The lowest BCUT2D eigenvalue weighted by atomic mass is 9.97. The van der Waals surface area contributed by atoms with Gasteiger partial charge in [-0.05, 0) is 50.8 Å². The lowest BCUT2D eigenvalue weighted by Crippen LogP contribution is -2.44. The second-order valence-corrected chi connectivity index (χ2v) is 12.7. The van der Waals surface area contributed by atoms with Gasteiger partial charge in [-0.2, -0.15) is 0 Å². The molecule has 0 aromatic heterocycles. The third-order valence-electron chi connectivity index (χ3n) is 6.09. The van der Waals surface area contributed by atoms with E-state index in [9.17, 15) is 18.9 Å². The van der Waals surface area contributed by atoms with E-state index in [0.29, 0.717) is 0 Å². The summed E-state index contributed by atoms with van der Waals surface area (Å²) < 4.78 is 29.9. The smallest absolute Gasteiger partial charge is 0.328 e. The Bertz CT molecular complexity index is 1140. The van der Waals surface area contributed by atoms with Crippen molar-refractivity contribution in [2.45, 2.75) is 79.9 Å². The van der Waals surface area contributed by atoms with Crippen LogP contribution in [0.5, 0.6) is 0 Å². The third-order valence-corrected chi connectivity index (χ3v) is 8.93. The molecule has 0 radical (unpaired) electrons. The molecule has 0 spiro atoms. The van der Waals surface area contributed by atoms with Crippen LogP contribution < -0.4 is 11.1 Å². The molecule has 2 rings (SSSR count). The number of nitrogens with two attached hydrogens (primary N) is 1. The zero-order valence-corrected chi connectivity index (χ0v) is 26.5. The van der Waals surface area contributed by atoms with Crippen LogP contribution in [0.2, 0.25) is 0 Å². The van der Waals surface area contributed by atoms with Crippen molar-refractivity contribution in [3.8, 4) is 11.1 Å². The van der Waals surface area contributed by atoms with Gasteiger partial charge < -0.3 is 20.5 Å². The Hall–Kier alpha value is -3.00. The fraction of sp³-hybridized carbons (Fsp3) is 0.516. The molecule has 2 aromatic rings. The van der Waals surface area contributed by atoms with Crippen molar-refractivity contribution in [2.24, 2.45) is 17.6 Å². The predicted molar refractivity (Wildman–Crippen MR) is 162 cm³/mol.